The second-order valence-corrected chi connectivity index (χ2v) is 12.4. The molecule has 0 aromatic carbocycles. The quantitative estimate of drug-likeness (QED) is 0.482. The Morgan fingerprint density at radius 2 is 1.83 bits per heavy atom. The van der Waals surface area contributed by atoms with E-state index in [1.54, 1.807) is 0 Å². The largest absolute Gasteiger partial charge is 0.406 e. The molecule has 0 heterocycles. The molecule has 0 rings (SSSR count). The SMILES string of the molecule is C=C[Si](F)(Br)Br. The molecule has 0 radical (unpaired) electrons. The van der Waals surface area contributed by atoms with Gasteiger partial charge in [0.15, 0.2) is 0 Å². The number of rotatable bonds is 1. The van der Waals surface area contributed by atoms with Crippen LogP contribution in [0.25, 0.3) is 0 Å². The average Bonchev–Trinajstić information content (AvgIpc) is 1.35. The minimum absolute atomic E-state index is 1.24. The van der Waals surface area contributed by atoms with E-state index in [2.05, 4.69) is 37.2 Å². The van der Waals surface area contributed by atoms with Crippen molar-refractivity contribution in [1.82, 2.24) is 0 Å². The molecule has 36 valence electrons. The zero-order valence-electron chi connectivity index (χ0n) is 2.92. The normalized spacial score (nSPS) is 11.2. The summed E-state index contributed by atoms with van der Waals surface area (Å²) in [5.41, 5.74) is -1.50. The van der Waals surface area contributed by atoms with Crippen molar-refractivity contribution in [1.29, 1.82) is 0 Å². The van der Waals surface area contributed by atoms with E-state index in [0.29, 0.717) is 0 Å². The third-order valence-corrected chi connectivity index (χ3v) is 2.64. The van der Waals surface area contributed by atoms with E-state index in [1.165, 1.54) is 5.70 Å². The zero-order chi connectivity index (χ0) is 5.21. The lowest BCUT2D eigenvalue weighted by molar-refractivity contribution is 0.872. The second-order valence-electron chi connectivity index (χ2n) is 0.746. The molecule has 0 saturated heterocycles. The summed E-state index contributed by atoms with van der Waals surface area (Å²) >= 11 is 5.50. The molecule has 6 heavy (non-hydrogen) atoms. The van der Waals surface area contributed by atoms with Gasteiger partial charge < -0.3 is 0 Å². The van der Waals surface area contributed by atoms with E-state index in [4.69, 9.17) is 0 Å². The van der Waals surface area contributed by atoms with Crippen molar-refractivity contribution in [3.8, 4) is 0 Å². The first-order valence-electron chi connectivity index (χ1n) is 1.26. The second kappa shape index (κ2) is 2.23. The fraction of sp³-hybridized carbons (Fsp3) is 0. The van der Waals surface area contributed by atoms with Crippen LogP contribution in [0, 0.1) is 0 Å². The predicted molar refractivity (Wildman–Crippen MR) is 34.9 cm³/mol. The van der Waals surface area contributed by atoms with Gasteiger partial charge in [-0.25, -0.2) is 0 Å². The predicted octanol–water partition coefficient (Wildman–Crippen LogP) is 2.41. The standard InChI is InChI=1S/C2H3Br2FSi/c1-2-6(3,4)5/h2H,1H2. The first kappa shape index (κ1) is 6.85. The lowest BCUT2D eigenvalue weighted by Gasteiger charge is -1.91. The number of hydrogen-bond acceptors (Lipinski definition) is 0. The van der Waals surface area contributed by atoms with Crippen molar-refractivity contribution in [2.45, 2.75) is 0 Å². The van der Waals surface area contributed by atoms with E-state index in [0.717, 1.165) is 0 Å². The Morgan fingerprint density at radius 3 is 1.83 bits per heavy atom. The maximum atomic E-state index is 12.0. The van der Waals surface area contributed by atoms with E-state index >= 15 is 0 Å². The Morgan fingerprint density at radius 1 is 1.67 bits per heavy atom. The van der Waals surface area contributed by atoms with Crippen LogP contribution in [0.2, 0.25) is 0 Å². The summed E-state index contributed by atoms with van der Waals surface area (Å²) in [4.78, 5) is 0. The minimum atomic E-state index is -2.74. The van der Waals surface area contributed by atoms with E-state index in [1.807, 2.05) is 0 Å². The maximum absolute atomic E-state index is 12.0. The summed E-state index contributed by atoms with van der Waals surface area (Å²) in [6.45, 7) is 3.22. The first-order chi connectivity index (χ1) is 2.56. The summed E-state index contributed by atoms with van der Waals surface area (Å²) < 4.78 is 12.0. The summed E-state index contributed by atoms with van der Waals surface area (Å²) in [5, 5.41) is 0. The molecule has 0 atom stereocenters. The van der Waals surface area contributed by atoms with Crippen LogP contribution >= 0.6 is 30.6 Å². The molecule has 0 aromatic heterocycles. The van der Waals surface area contributed by atoms with Crippen LogP contribution in [0.15, 0.2) is 12.3 Å². The van der Waals surface area contributed by atoms with Crippen molar-refractivity contribution < 1.29 is 4.11 Å². The molecule has 0 aliphatic rings. The molecule has 0 saturated carbocycles. The van der Waals surface area contributed by atoms with Gasteiger partial charge in [-0.15, -0.1) is 6.58 Å². The average molecular weight is 234 g/mol. The Labute approximate surface area is 52.8 Å². The van der Waals surface area contributed by atoms with Crippen LogP contribution in [-0.2, 0) is 0 Å². The molecule has 0 unspecified atom stereocenters. The Bertz CT molecular complexity index is 57.1. The minimum Gasteiger partial charge on any atom is -0.279 e. The fourth-order valence-electron chi connectivity index (χ4n) is 0. The number of halogens is 3. The first-order valence-corrected chi connectivity index (χ1v) is 7.73. The van der Waals surface area contributed by atoms with Crippen molar-refractivity contribution in [3.05, 3.63) is 12.3 Å². The van der Waals surface area contributed by atoms with Gasteiger partial charge in [-0.05, 0) is 0 Å². The van der Waals surface area contributed by atoms with Crippen molar-refractivity contribution in [2.75, 3.05) is 0 Å². The van der Waals surface area contributed by atoms with Crippen molar-refractivity contribution >= 4 is 36.2 Å². The molecule has 0 aliphatic heterocycles. The summed E-state index contributed by atoms with van der Waals surface area (Å²) in [7, 11) is 0. The number of hydrogen-bond donors (Lipinski definition) is 0. The molecule has 0 aromatic rings. The Kier molecular flexibility index (Phi) is 2.55. The van der Waals surface area contributed by atoms with E-state index in [-0.39, 0.29) is 0 Å². The van der Waals surface area contributed by atoms with Crippen molar-refractivity contribution in [2.24, 2.45) is 0 Å². The molecular formula is C2H3Br2FSi. The Balaban J connectivity index is 3.45. The molecule has 0 fully saturated rings. The van der Waals surface area contributed by atoms with Crippen LogP contribution in [0.4, 0.5) is 4.11 Å². The Hall–Kier alpha value is 0.847. The van der Waals surface area contributed by atoms with Crippen LogP contribution in [0.5, 0.6) is 0 Å². The topological polar surface area (TPSA) is 0 Å². The molecule has 0 bridgehead atoms. The molecule has 0 N–H and O–H groups in total. The highest BCUT2D eigenvalue weighted by Gasteiger charge is 2.19. The summed E-state index contributed by atoms with van der Waals surface area (Å²) in [5.74, 6) is 0. The van der Waals surface area contributed by atoms with Gasteiger partial charge in [-0.3, -0.25) is 4.11 Å². The van der Waals surface area contributed by atoms with Gasteiger partial charge in [0.2, 0.25) is 0 Å². The maximum Gasteiger partial charge on any atom is 0.406 e. The van der Waals surface area contributed by atoms with Gasteiger partial charge in [-0.2, -0.15) is 0 Å². The van der Waals surface area contributed by atoms with Gasteiger partial charge in [0, 0.05) is 0 Å². The van der Waals surface area contributed by atoms with Crippen molar-refractivity contribution in [3.63, 3.8) is 0 Å². The van der Waals surface area contributed by atoms with Crippen LogP contribution in [0.1, 0.15) is 0 Å². The van der Waals surface area contributed by atoms with Gasteiger partial charge >= 0.3 is 5.65 Å². The highest BCUT2D eigenvalue weighted by atomic mass is 79.9. The third kappa shape index (κ3) is 4.85. The summed E-state index contributed by atoms with van der Waals surface area (Å²) in [6, 6.07) is 0. The fourth-order valence-corrected chi connectivity index (χ4v) is 0. The van der Waals surface area contributed by atoms with E-state index in [9.17, 15) is 4.11 Å². The molecule has 0 aliphatic carbocycles. The lowest BCUT2D eigenvalue weighted by Crippen LogP contribution is -2.01. The monoisotopic (exact) mass is 232 g/mol. The van der Waals surface area contributed by atoms with Crippen LogP contribution < -0.4 is 0 Å². The van der Waals surface area contributed by atoms with Gasteiger partial charge in [0.1, 0.15) is 0 Å². The molecule has 0 amide bonds. The highest BCUT2D eigenvalue weighted by molar-refractivity contribution is 9.51. The van der Waals surface area contributed by atoms with Crippen LogP contribution in [-0.4, -0.2) is 5.65 Å². The van der Waals surface area contributed by atoms with Gasteiger partial charge in [-0.1, -0.05) is 36.3 Å². The molecular weight excluding hydrogens is 231 g/mol. The van der Waals surface area contributed by atoms with Crippen LogP contribution in [0.3, 0.4) is 0 Å². The molecule has 0 nitrogen and oxygen atoms in total. The highest BCUT2D eigenvalue weighted by Crippen LogP contribution is 2.21. The molecule has 0 spiro atoms. The van der Waals surface area contributed by atoms with Gasteiger partial charge in [0.25, 0.3) is 0 Å². The van der Waals surface area contributed by atoms with E-state index < -0.39 is 5.65 Å². The van der Waals surface area contributed by atoms with Gasteiger partial charge in [0.05, 0.1) is 0 Å². The summed E-state index contributed by atoms with van der Waals surface area (Å²) in [6.07, 6.45) is 0. The zero-order valence-corrected chi connectivity index (χ0v) is 7.09. The lowest BCUT2D eigenvalue weighted by atomic mass is 11.3. The smallest absolute Gasteiger partial charge is 0.279 e. The molecule has 4 heteroatoms. The third-order valence-electron chi connectivity index (χ3n) is 0.231.